The van der Waals surface area contributed by atoms with E-state index in [1.54, 1.807) is 0 Å². The molecule has 19 heavy (non-hydrogen) atoms. The van der Waals surface area contributed by atoms with Gasteiger partial charge < -0.3 is 15.2 Å². The lowest BCUT2D eigenvalue weighted by molar-refractivity contribution is -0.141. The van der Waals surface area contributed by atoms with Gasteiger partial charge in [-0.05, 0) is 18.6 Å². The van der Waals surface area contributed by atoms with Crippen LogP contribution in [0.3, 0.4) is 0 Å². The van der Waals surface area contributed by atoms with E-state index in [2.05, 4.69) is 10.3 Å². The zero-order chi connectivity index (χ0) is 14.5. The first-order chi connectivity index (χ1) is 8.84. The smallest absolute Gasteiger partial charge is 0.433 e. The van der Waals surface area contributed by atoms with Crippen molar-refractivity contribution in [3.8, 4) is 0 Å². The number of ether oxygens (including phenoxy) is 1. The van der Waals surface area contributed by atoms with Gasteiger partial charge in [0.25, 0.3) is 0 Å². The Bertz CT molecular complexity index is 449. The molecule has 0 aliphatic rings. The topological polar surface area (TPSA) is 71.5 Å². The molecule has 2 N–H and O–H groups in total. The molecule has 0 bridgehead atoms. The van der Waals surface area contributed by atoms with Crippen LogP contribution in [0.5, 0.6) is 0 Å². The number of nitrogens with one attached hydrogen (secondary N) is 1. The highest BCUT2D eigenvalue weighted by Crippen LogP contribution is 2.29. The van der Waals surface area contributed by atoms with Crippen molar-refractivity contribution in [3.05, 3.63) is 23.4 Å². The Hall–Kier alpha value is -1.83. The number of anilines is 1. The number of halogens is 3. The third kappa shape index (κ3) is 4.74. The van der Waals surface area contributed by atoms with E-state index in [9.17, 15) is 18.0 Å². The quantitative estimate of drug-likeness (QED) is 0.781. The summed E-state index contributed by atoms with van der Waals surface area (Å²) in [5, 5.41) is 11.4. The molecule has 5 nitrogen and oxygen atoms in total. The number of hydrogen-bond acceptors (Lipinski definition) is 4. The molecule has 0 amide bonds. The van der Waals surface area contributed by atoms with Gasteiger partial charge in [0, 0.05) is 20.3 Å². The van der Waals surface area contributed by atoms with Crippen molar-refractivity contribution in [2.75, 3.05) is 25.6 Å². The molecule has 8 heteroatoms. The zero-order valence-corrected chi connectivity index (χ0v) is 10.1. The number of hydrogen-bond donors (Lipinski definition) is 2. The molecule has 0 saturated heterocycles. The molecule has 0 fully saturated rings. The summed E-state index contributed by atoms with van der Waals surface area (Å²) in [4.78, 5) is 14.1. The van der Waals surface area contributed by atoms with Crippen LogP contribution in [0.2, 0.25) is 0 Å². The van der Waals surface area contributed by atoms with Crippen LogP contribution in [-0.4, -0.2) is 36.3 Å². The van der Waals surface area contributed by atoms with E-state index in [4.69, 9.17) is 9.84 Å². The number of pyridine rings is 1. The first-order valence-corrected chi connectivity index (χ1v) is 5.40. The molecule has 0 aromatic carbocycles. The van der Waals surface area contributed by atoms with Gasteiger partial charge >= 0.3 is 12.1 Å². The Morgan fingerprint density at radius 3 is 2.68 bits per heavy atom. The molecule has 0 radical (unpaired) electrons. The summed E-state index contributed by atoms with van der Waals surface area (Å²) in [6.07, 6.45) is -4.12. The molecule has 1 heterocycles. The average Bonchev–Trinajstić information content (AvgIpc) is 2.33. The number of rotatable bonds is 6. The summed E-state index contributed by atoms with van der Waals surface area (Å²) in [6.45, 7) is 0.777. The van der Waals surface area contributed by atoms with Gasteiger partial charge in [0.2, 0.25) is 0 Å². The maximum atomic E-state index is 12.6. The Labute approximate surface area is 107 Å². The molecular formula is C11H13F3N2O3. The number of aromatic carboxylic acids is 1. The molecular weight excluding hydrogens is 265 g/mol. The van der Waals surface area contributed by atoms with Gasteiger partial charge in [-0.3, -0.25) is 0 Å². The normalized spacial score (nSPS) is 11.4. The fourth-order valence-electron chi connectivity index (χ4n) is 1.32. The first kappa shape index (κ1) is 15.2. The molecule has 0 spiro atoms. The Kier molecular flexibility index (Phi) is 5.11. The maximum Gasteiger partial charge on any atom is 0.433 e. The van der Waals surface area contributed by atoms with E-state index in [0.29, 0.717) is 25.6 Å². The van der Waals surface area contributed by atoms with Gasteiger partial charge in [-0.25, -0.2) is 9.78 Å². The molecule has 0 aliphatic carbocycles. The molecule has 106 valence electrons. The highest BCUT2D eigenvalue weighted by Gasteiger charge is 2.33. The first-order valence-electron chi connectivity index (χ1n) is 5.40. The fourth-order valence-corrected chi connectivity index (χ4v) is 1.32. The minimum atomic E-state index is -4.69. The Morgan fingerprint density at radius 2 is 2.16 bits per heavy atom. The van der Waals surface area contributed by atoms with Crippen molar-refractivity contribution in [2.45, 2.75) is 12.6 Å². The fraction of sp³-hybridized carbons (Fsp3) is 0.455. The van der Waals surface area contributed by atoms with Crippen LogP contribution in [0.1, 0.15) is 22.5 Å². The molecule has 0 aliphatic heterocycles. The van der Waals surface area contributed by atoms with Gasteiger partial charge in [0.1, 0.15) is 11.5 Å². The molecule has 1 rings (SSSR count). The number of methoxy groups -OCH3 is 1. The van der Waals surface area contributed by atoms with Crippen LogP contribution in [0.4, 0.5) is 19.0 Å². The molecule has 0 saturated carbocycles. The van der Waals surface area contributed by atoms with Crippen molar-refractivity contribution >= 4 is 11.8 Å². The summed E-state index contributed by atoms with van der Waals surface area (Å²) in [5.41, 5.74) is -1.70. The van der Waals surface area contributed by atoms with E-state index < -0.39 is 23.4 Å². The Balaban J connectivity index is 2.91. The number of alkyl halides is 3. The van der Waals surface area contributed by atoms with Crippen molar-refractivity contribution < 1.29 is 27.8 Å². The lowest BCUT2D eigenvalue weighted by atomic mass is 10.2. The zero-order valence-electron chi connectivity index (χ0n) is 10.1. The summed E-state index contributed by atoms with van der Waals surface area (Å²) in [5.74, 6) is -1.56. The third-order valence-electron chi connectivity index (χ3n) is 2.19. The van der Waals surface area contributed by atoms with Crippen LogP contribution in [0.25, 0.3) is 0 Å². The van der Waals surface area contributed by atoms with Crippen molar-refractivity contribution in [1.82, 2.24) is 4.98 Å². The summed E-state index contributed by atoms with van der Waals surface area (Å²) < 4.78 is 42.4. The molecule has 1 aromatic heterocycles. The molecule has 0 unspecified atom stereocenters. The largest absolute Gasteiger partial charge is 0.478 e. The van der Waals surface area contributed by atoms with E-state index >= 15 is 0 Å². The predicted molar refractivity (Wildman–Crippen MR) is 61.2 cm³/mol. The van der Waals surface area contributed by atoms with E-state index in [1.165, 1.54) is 7.11 Å². The molecule has 0 atom stereocenters. The molecule has 1 aromatic rings. The summed E-state index contributed by atoms with van der Waals surface area (Å²) in [7, 11) is 1.51. The summed E-state index contributed by atoms with van der Waals surface area (Å²) in [6, 6.07) is 1.56. The summed E-state index contributed by atoms with van der Waals surface area (Å²) >= 11 is 0. The van der Waals surface area contributed by atoms with Crippen molar-refractivity contribution in [1.29, 1.82) is 0 Å². The monoisotopic (exact) mass is 278 g/mol. The van der Waals surface area contributed by atoms with Gasteiger partial charge in [-0.2, -0.15) is 13.2 Å². The number of nitrogens with zero attached hydrogens (tertiary/aromatic N) is 1. The number of carboxylic acid groups (broad SMARTS) is 1. The maximum absolute atomic E-state index is 12.6. The van der Waals surface area contributed by atoms with Crippen LogP contribution >= 0.6 is 0 Å². The second kappa shape index (κ2) is 6.37. The average molecular weight is 278 g/mol. The third-order valence-corrected chi connectivity index (χ3v) is 2.19. The number of carbonyl (C=O) groups is 1. The number of carboxylic acids is 1. The lowest BCUT2D eigenvalue weighted by Crippen LogP contribution is -2.14. The lowest BCUT2D eigenvalue weighted by Gasteiger charge is -2.11. The van der Waals surface area contributed by atoms with Crippen LogP contribution in [-0.2, 0) is 10.9 Å². The van der Waals surface area contributed by atoms with Crippen LogP contribution in [0.15, 0.2) is 12.1 Å². The predicted octanol–water partition coefficient (Wildman–Crippen LogP) is 2.25. The highest BCUT2D eigenvalue weighted by molar-refractivity contribution is 5.88. The van der Waals surface area contributed by atoms with E-state index in [0.717, 1.165) is 6.07 Å². The SMILES string of the molecule is COCCCNc1cc(C(=O)O)cc(C(F)(F)F)n1. The highest BCUT2D eigenvalue weighted by atomic mass is 19.4. The van der Waals surface area contributed by atoms with E-state index in [1.807, 2.05) is 0 Å². The van der Waals surface area contributed by atoms with Crippen LogP contribution in [0, 0.1) is 0 Å². The Morgan fingerprint density at radius 1 is 1.47 bits per heavy atom. The minimum Gasteiger partial charge on any atom is -0.478 e. The van der Waals surface area contributed by atoms with Crippen molar-refractivity contribution in [3.63, 3.8) is 0 Å². The second-order valence-electron chi connectivity index (χ2n) is 3.70. The van der Waals surface area contributed by atoms with Gasteiger partial charge in [-0.1, -0.05) is 0 Å². The van der Waals surface area contributed by atoms with Gasteiger partial charge in [0.15, 0.2) is 0 Å². The minimum absolute atomic E-state index is 0.122. The van der Waals surface area contributed by atoms with Crippen LogP contribution < -0.4 is 5.32 Å². The standard InChI is InChI=1S/C11H13F3N2O3/c1-19-4-2-3-15-9-6-7(10(17)18)5-8(16-9)11(12,13)14/h5-6H,2-4H2,1H3,(H,15,16)(H,17,18). The second-order valence-corrected chi connectivity index (χ2v) is 3.70. The van der Waals surface area contributed by atoms with E-state index in [-0.39, 0.29) is 5.82 Å². The van der Waals surface area contributed by atoms with Gasteiger partial charge in [0.05, 0.1) is 5.56 Å². The van der Waals surface area contributed by atoms with Gasteiger partial charge in [-0.15, -0.1) is 0 Å². The van der Waals surface area contributed by atoms with Crippen molar-refractivity contribution in [2.24, 2.45) is 0 Å². The number of aromatic nitrogens is 1.